The van der Waals surface area contributed by atoms with Gasteiger partial charge in [0.25, 0.3) is 11.8 Å². The molecule has 1 aliphatic heterocycles. The molecular weight excluding hydrogens is 316 g/mol. The molecule has 4 rings (SSSR count). The lowest BCUT2D eigenvalue weighted by atomic mass is 10.1. The van der Waals surface area contributed by atoms with Crippen LogP contribution in [0.3, 0.4) is 0 Å². The van der Waals surface area contributed by atoms with Crippen LogP contribution in [0.4, 0.5) is 0 Å². The van der Waals surface area contributed by atoms with Gasteiger partial charge in [-0.05, 0) is 44.2 Å². The van der Waals surface area contributed by atoms with Crippen LogP contribution in [0.1, 0.15) is 39.5 Å². The van der Waals surface area contributed by atoms with Gasteiger partial charge in [0, 0.05) is 11.9 Å². The smallest absolute Gasteiger partial charge is 0.263 e. The molecule has 0 spiro atoms. The standard InChI is InChI=1S/C19H16N4O2/c1-12-6-5-9-16(20-12)17-10-11-22(21-17)13(2)23-18(24)14-7-3-4-8-15(14)19(23)25/h3-11,13H,1-2H3. The van der Waals surface area contributed by atoms with Gasteiger partial charge in [-0.2, -0.15) is 5.10 Å². The van der Waals surface area contributed by atoms with E-state index in [1.165, 1.54) is 4.90 Å². The number of amides is 2. The van der Waals surface area contributed by atoms with Crippen LogP contribution in [-0.2, 0) is 0 Å². The van der Waals surface area contributed by atoms with Crippen molar-refractivity contribution in [3.05, 3.63) is 71.5 Å². The third-order valence-corrected chi connectivity index (χ3v) is 4.34. The summed E-state index contributed by atoms with van der Waals surface area (Å²) >= 11 is 0. The minimum absolute atomic E-state index is 0.293. The number of hydrogen-bond acceptors (Lipinski definition) is 4. The molecule has 25 heavy (non-hydrogen) atoms. The van der Waals surface area contributed by atoms with Crippen LogP contribution < -0.4 is 0 Å². The SMILES string of the molecule is Cc1cccc(-c2ccn(C(C)N3C(=O)c4ccccc4C3=O)n2)n1. The minimum Gasteiger partial charge on any atom is -0.268 e. The van der Waals surface area contributed by atoms with Crippen molar-refractivity contribution in [2.24, 2.45) is 0 Å². The number of rotatable bonds is 3. The highest BCUT2D eigenvalue weighted by Crippen LogP contribution is 2.28. The molecule has 0 fully saturated rings. The Morgan fingerprint density at radius 1 is 0.880 bits per heavy atom. The van der Waals surface area contributed by atoms with E-state index < -0.39 is 6.17 Å². The predicted octanol–water partition coefficient (Wildman–Crippen LogP) is 3.07. The highest BCUT2D eigenvalue weighted by Gasteiger charge is 2.39. The lowest BCUT2D eigenvalue weighted by Crippen LogP contribution is -2.36. The molecule has 6 nitrogen and oxygen atoms in total. The number of carbonyl (C=O) groups excluding carboxylic acids is 2. The third-order valence-electron chi connectivity index (χ3n) is 4.34. The number of benzene rings is 1. The molecule has 1 aromatic carbocycles. The van der Waals surface area contributed by atoms with Gasteiger partial charge in [0.15, 0.2) is 0 Å². The van der Waals surface area contributed by atoms with Crippen molar-refractivity contribution in [3.63, 3.8) is 0 Å². The average Bonchev–Trinajstić information content (AvgIpc) is 3.20. The number of nitrogens with zero attached hydrogens (tertiary/aromatic N) is 4. The fourth-order valence-electron chi connectivity index (χ4n) is 3.03. The molecule has 1 unspecified atom stereocenters. The number of hydrogen-bond donors (Lipinski definition) is 0. The van der Waals surface area contributed by atoms with Gasteiger partial charge in [-0.25, -0.2) is 4.68 Å². The second-order valence-electron chi connectivity index (χ2n) is 6.00. The Hall–Kier alpha value is -3.28. The summed E-state index contributed by atoms with van der Waals surface area (Å²) in [5, 5.41) is 4.51. The maximum Gasteiger partial charge on any atom is 0.263 e. The Balaban J connectivity index is 1.66. The summed E-state index contributed by atoms with van der Waals surface area (Å²) < 4.78 is 1.61. The van der Waals surface area contributed by atoms with Gasteiger partial charge in [0.2, 0.25) is 0 Å². The number of carbonyl (C=O) groups is 2. The van der Waals surface area contributed by atoms with Crippen LogP contribution >= 0.6 is 0 Å². The van der Waals surface area contributed by atoms with Crippen molar-refractivity contribution in [3.8, 4) is 11.4 Å². The molecule has 0 saturated carbocycles. The van der Waals surface area contributed by atoms with E-state index in [1.807, 2.05) is 31.2 Å². The summed E-state index contributed by atoms with van der Waals surface area (Å²) in [7, 11) is 0. The molecular formula is C19H16N4O2. The molecule has 0 bridgehead atoms. The molecule has 2 aromatic heterocycles. The number of pyridine rings is 1. The van der Waals surface area contributed by atoms with Gasteiger partial charge in [-0.3, -0.25) is 19.5 Å². The maximum absolute atomic E-state index is 12.6. The first kappa shape index (κ1) is 15.3. The number of aromatic nitrogens is 3. The molecule has 0 N–H and O–H groups in total. The predicted molar refractivity (Wildman–Crippen MR) is 91.8 cm³/mol. The molecule has 2 amide bonds. The largest absolute Gasteiger partial charge is 0.268 e. The zero-order valence-corrected chi connectivity index (χ0v) is 13.9. The van der Waals surface area contributed by atoms with Crippen LogP contribution in [0.15, 0.2) is 54.7 Å². The van der Waals surface area contributed by atoms with E-state index in [9.17, 15) is 9.59 Å². The van der Waals surface area contributed by atoms with E-state index in [2.05, 4.69) is 10.1 Å². The van der Waals surface area contributed by atoms with Gasteiger partial charge >= 0.3 is 0 Å². The van der Waals surface area contributed by atoms with Crippen molar-refractivity contribution >= 4 is 11.8 Å². The van der Waals surface area contributed by atoms with E-state index in [1.54, 1.807) is 42.1 Å². The summed E-state index contributed by atoms with van der Waals surface area (Å²) in [6.45, 7) is 3.70. The van der Waals surface area contributed by atoms with E-state index in [4.69, 9.17) is 0 Å². The molecule has 0 aliphatic carbocycles. The summed E-state index contributed by atoms with van der Waals surface area (Å²) in [6, 6.07) is 14.4. The molecule has 1 aliphatic rings. The fourth-order valence-corrected chi connectivity index (χ4v) is 3.03. The average molecular weight is 332 g/mol. The molecule has 124 valence electrons. The monoisotopic (exact) mass is 332 g/mol. The van der Waals surface area contributed by atoms with Gasteiger partial charge in [-0.15, -0.1) is 0 Å². The maximum atomic E-state index is 12.6. The minimum atomic E-state index is -0.522. The Labute approximate surface area is 144 Å². The Bertz CT molecular complexity index is 957. The van der Waals surface area contributed by atoms with Crippen molar-refractivity contribution in [2.45, 2.75) is 20.0 Å². The van der Waals surface area contributed by atoms with E-state index >= 15 is 0 Å². The van der Waals surface area contributed by atoms with Crippen molar-refractivity contribution in [1.29, 1.82) is 0 Å². The quantitative estimate of drug-likeness (QED) is 0.691. The Morgan fingerprint density at radius 3 is 2.20 bits per heavy atom. The summed E-state index contributed by atoms with van der Waals surface area (Å²) in [4.78, 5) is 30.9. The van der Waals surface area contributed by atoms with Crippen LogP contribution in [0.5, 0.6) is 0 Å². The van der Waals surface area contributed by atoms with E-state index in [-0.39, 0.29) is 11.8 Å². The van der Waals surface area contributed by atoms with E-state index in [0.29, 0.717) is 16.8 Å². The number of imide groups is 1. The van der Waals surface area contributed by atoms with Gasteiger partial charge in [0.05, 0.1) is 16.8 Å². The highest BCUT2D eigenvalue weighted by atomic mass is 16.2. The fraction of sp³-hybridized carbons (Fsp3) is 0.158. The molecule has 3 heterocycles. The van der Waals surface area contributed by atoms with Crippen LogP contribution in [0, 0.1) is 6.92 Å². The topological polar surface area (TPSA) is 68.1 Å². The van der Waals surface area contributed by atoms with Crippen molar-refractivity contribution in [1.82, 2.24) is 19.7 Å². The van der Waals surface area contributed by atoms with Gasteiger partial charge in [-0.1, -0.05) is 18.2 Å². The lowest BCUT2D eigenvalue weighted by Gasteiger charge is -2.22. The zero-order chi connectivity index (χ0) is 17.6. The third kappa shape index (κ3) is 2.42. The lowest BCUT2D eigenvalue weighted by molar-refractivity contribution is 0.0520. The van der Waals surface area contributed by atoms with Crippen molar-refractivity contribution < 1.29 is 9.59 Å². The summed E-state index contributed by atoms with van der Waals surface area (Å²) in [5.41, 5.74) is 3.24. The van der Waals surface area contributed by atoms with Crippen LogP contribution in [-0.4, -0.2) is 31.5 Å². The van der Waals surface area contributed by atoms with E-state index in [0.717, 1.165) is 11.4 Å². The first-order chi connectivity index (χ1) is 12.1. The number of fused-ring (bicyclic) bond motifs is 1. The molecule has 1 atom stereocenters. The van der Waals surface area contributed by atoms with Gasteiger partial charge < -0.3 is 0 Å². The highest BCUT2D eigenvalue weighted by molar-refractivity contribution is 6.21. The first-order valence-electron chi connectivity index (χ1n) is 8.02. The zero-order valence-electron chi connectivity index (χ0n) is 13.9. The summed E-state index contributed by atoms with van der Waals surface area (Å²) in [5.74, 6) is -0.585. The molecule has 6 heteroatoms. The molecule has 0 saturated heterocycles. The van der Waals surface area contributed by atoms with Crippen LogP contribution in [0.25, 0.3) is 11.4 Å². The molecule has 0 radical (unpaired) electrons. The number of aryl methyl sites for hydroxylation is 1. The normalized spacial score (nSPS) is 14.7. The van der Waals surface area contributed by atoms with Gasteiger partial charge in [0.1, 0.15) is 11.9 Å². The summed E-state index contributed by atoms with van der Waals surface area (Å²) in [6.07, 6.45) is 1.24. The van der Waals surface area contributed by atoms with Crippen LogP contribution in [0.2, 0.25) is 0 Å². The first-order valence-corrected chi connectivity index (χ1v) is 8.02. The Morgan fingerprint density at radius 2 is 1.56 bits per heavy atom. The second-order valence-corrected chi connectivity index (χ2v) is 6.00. The second kappa shape index (κ2) is 5.66. The van der Waals surface area contributed by atoms with Crippen molar-refractivity contribution in [2.75, 3.05) is 0 Å². The Kier molecular flexibility index (Phi) is 3.46. The molecule has 3 aromatic rings.